The molecule has 8 bridgehead atoms. The Hall–Kier alpha value is -3.93. The van der Waals surface area contributed by atoms with Crippen LogP contribution in [0.4, 0.5) is 0 Å². The van der Waals surface area contributed by atoms with E-state index in [1.165, 1.54) is 11.1 Å². The van der Waals surface area contributed by atoms with Crippen molar-refractivity contribution in [1.29, 1.82) is 0 Å². The average Bonchev–Trinajstić information content (AvgIpc) is 3.53. The second-order valence-electron chi connectivity index (χ2n) is 10.0. The first kappa shape index (κ1) is 23.8. The Bertz CT molecular complexity index is 1590. The molecule has 3 aromatic rings. The molecule has 5 heterocycles. The lowest BCUT2D eigenvalue weighted by atomic mass is 10.0. The zero-order chi connectivity index (χ0) is 25.7. The Kier molecular flexibility index (Phi) is 5.91. The van der Waals surface area contributed by atoms with Crippen LogP contribution in [0.5, 0.6) is 0 Å². The minimum Gasteiger partial charge on any atom is -0.481 e. The number of rotatable bonds is 4. The van der Waals surface area contributed by atoms with E-state index in [9.17, 15) is 9.90 Å². The van der Waals surface area contributed by atoms with Gasteiger partial charge in [0.05, 0.1) is 6.42 Å². The molecular formula is C30H34N4O2. The van der Waals surface area contributed by atoms with Crippen molar-refractivity contribution in [1.82, 2.24) is 20.3 Å². The smallest absolute Gasteiger partial charge is 0.307 e. The Morgan fingerprint density at radius 3 is 2.50 bits per heavy atom. The van der Waals surface area contributed by atoms with Gasteiger partial charge in [-0.3, -0.25) is 4.79 Å². The molecule has 1 saturated heterocycles. The zero-order valence-corrected chi connectivity index (χ0v) is 21.6. The first-order chi connectivity index (χ1) is 17.2. The highest BCUT2D eigenvalue weighted by Crippen LogP contribution is 2.35. The van der Waals surface area contributed by atoms with Crippen molar-refractivity contribution >= 4 is 35.8 Å². The molecule has 0 amide bonds. The van der Waals surface area contributed by atoms with E-state index in [1.807, 2.05) is 6.08 Å². The maximum atomic E-state index is 11.9. The molecule has 5 N–H and O–H groups in total. The number of H-pyrrole nitrogens is 3. The number of carboxylic acids is 1. The fourth-order valence-corrected chi connectivity index (χ4v) is 5.56. The fraction of sp³-hybridized carbons (Fsp3) is 0.300. The second-order valence-corrected chi connectivity index (χ2v) is 10.0. The Balaban J connectivity index is 1.86. The number of carboxylic acid groups (broad SMARTS) is 1. The lowest BCUT2D eigenvalue weighted by Crippen LogP contribution is -2.12. The summed E-state index contributed by atoms with van der Waals surface area (Å²) in [5, 5.41) is 15.4. The van der Waals surface area contributed by atoms with Gasteiger partial charge in [0.2, 0.25) is 0 Å². The first-order valence-corrected chi connectivity index (χ1v) is 12.6. The number of aliphatic carboxylic acids is 1. The summed E-state index contributed by atoms with van der Waals surface area (Å²) in [7, 11) is 0. The van der Waals surface area contributed by atoms with Gasteiger partial charge in [0.15, 0.2) is 0 Å². The van der Waals surface area contributed by atoms with Gasteiger partial charge in [-0.2, -0.15) is 0 Å². The maximum absolute atomic E-state index is 11.9. The third kappa shape index (κ3) is 3.96. The number of aromatic nitrogens is 3. The van der Waals surface area contributed by atoms with E-state index < -0.39 is 5.97 Å². The molecule has 6 nitrogen and oxygen atoms in total. The molecule has 0 unspecified atom stereocenters. The molecule has 0 saturated carbocycles. The third-order valence-corrected chi connectivity index (χ3v) is 7.66. The monoisotopic (exact) mass is 482 g/mol. The number of hydrogen-bond donors (Lipinski definition) is 5. The van der Waals surface area contributed by atoms with Gasteiger partial charge in [-0.05, 0) is 80.2 Å². The van der Waals surface area contributed by atoms with E-state index in [1.54, 1.807) is 0 Å². The number of nitrogens with one attached hydrogen (secondary N) is 4. The lowest BCUT2D eigenvalue weighted by Gasteiger charge is -2.09. The van der Waals surface area contributed by atoms with Gasteiger partial charge in [-0.15, -0.1) is 0 Å². The van der Waals surface area contributed by atoms with Crippen molar-refractivity contribution < 1.29 is 9.90 Å². The topological polar surface area (TPSA) is 96.7 Å². The number of hydrogen-bond acceptors (Lipinski definition) is 2. The van der Waals surface area contributed by atoms with Gasteiger partial charge in [-0.1, -0.05) is 26.5 Å². The van der Waals surface area contributed by atoms with Crippen molar-refractivity contribution in [2.45, 2.75) is 53.9 Å². The van der Waals surface area contributed by atoms with Crippen LogP contribution in [0.15, 0.2) is 24.0 Å². The van der Waals surface area contributed by atoms with Crippen LogP contribution >= 0.6 is 0 Å². The number of aromatic amines is 3. The molecule has 3 aromatic heterocycles. The summed E-state index contributed by atoms with van der Waals surface area (Å²) in [5.41, 5.74) is 12.5. The number of aryl methyl sites for hydroxylation is 1. The van der Waals surface area contributed by atoms with E-state index >= 15 is 0 Å². The van der Waals surface area contributed by atoms with Crippen LogP contribution in [0.1, 0.15) is 77.3 Å². The first-order valence-electron chi connectivity index (χ1n) is 12.6. The summed E-state index contributed by atoms with van der Waals surface area (Å²) in [6.45, 7) is 14.7. The van der Waals surface area contributed by atoms with Crippen LogP contribution < -0.4 is 16.0 Å². The van der Waals surface area contributed by atoms with Gasteiger partial charge in [0.1, 0.15) is 0 Å². The number of fused-ring (bicyclic) bond motifs is 8. The summed E-state index contributed by atoms with van der Waals surface area (Å²) in [6, 6.07) is 2.06. The van der Waals surface area contributed by atoms with Crippen LogP contribution in [0.3, 0.4) is 0 Å². The largest absolute Gasteiger partial charge is 0.481 e. The van der Waals surface area contributed by atoms with E-state index in [2.05, 4.69) is 85.8 Å². The molecule has 1 atom stereocenters. The molecule has 0 aliphatic carbocycles. The summed E-state index contributed by atoms with van der Waals surface area (Å²) in [4.78, 5) is 22.6. The van der Waals surface area contributed by atoms with E-state index in [-0.39, 0.29) is 12.3 Å². The molecule has 36 heavy (non-hydrogen) atoms. The second kappa shape index (κ2) is 8.94. The highest BCUT2D eigenvalue weighted by molar-refractivity contribution is 5.85. The van der Waals surface area contributed by atoms with Gasteiger partial charge in [0.25, 0.3) is 0 Å². The molecule has 2 aliphatic heterocycles. The quantitative estimate of drug-likeness (QED) is 0.375. The van der Waals surface area contributed by atoms with E-state index in [0.717, 1.165) is 80.0 Å². The van der Waals surface area contributed by atoms with Crippen LogP contribution in [0.2, 0.25) is 0 Å². The predicted octanol–water partition coefficient (Wildman–Crippen LogP) is 4.63. The van der Waals surface area contributed by atoms with Crippen LogP contribution in [-0.4, -0.2) is 26.0 Å². The van der Waals surface area contributed by atoms with Crippen molar-refractivity contribution in [2.75, 3.05) is 0 Å². The van der Waals surface area contributed by atoms with E-state index in [0.29, 0.717) is 0 Å². The molecule has 6 heteroatoms. The summed E-state index contributed by atoms with van der Waals surface area (Å²) in [5.74, 6) is -0.603. The molecule has 186 valence electrons. The third-order valence-electron chi connectivity index (χ3n) is 7.66. The fourth-order valence-electron chi connectivity index (χ4n) is 5.56. The van der Waals surface area contributed by atoms with Gasteiger partial charge < -0.3 is 25.4 Å². The molecule has 2 aliphatic rings. The summed E-state index contributed by atoms with van der Waals surface area (Å²) in [6.07, 6.45) is 10.0. The van der Waals surface area contributed by atoms with Gasteiger partial charge >= 0.3 is 5.97 Å². The number of allylic oxidation sites excluding steroid dienone is 2. The SMILES string of the molecule is C=Cc1c2[nH]c(c1C)/C=C1\N/C(=C(/CC(=O)O)c3cc(C)c([nH]3)/C=c3\[nH]/c(c(C)c3CC)=C\2)C[C@@H]1C. The van der Waals surface area contributed by atoms with Crippen molar-refractivity contribution in [3.05, 3.63) is 85.3 Å². The van der Waals surface area contributed by atoms with Crippen molar-refractivity contribution in [3.63, 3.8) is 0 Å². The maximum Gasteiger partial charge on any atom is 0.307 e. The molecule has 0 aromatic carbocycles. The normalized spacial score (nSPS) is 22.1. The standard InChI is InChI=1S/C30H34N4O2/c1-7-19-18(6)25-14-29-20(8-2)17(5)24(33-29)12-22-15(3)9-26(31-22)21(11-30(35)36)27-10-16(4)23(32-27)13-28(19)34-25/h8,10,12-15,31-34H,2,7,9,11H2,1,3-6H3,(H,35,36)/b22-12-,25-14-,26-21-,28-13-/t15-/m0/s1. The zero-order valence-electron chi connectivity index (χ0n) is 21.6. The highest BCUT2D eigenvalue weighted by atomic mass is 16.4. The minimum atomic E-state index is -0.842. The average molecular weight is 483 g/mol. The Morgan fingerprint density at radius 1 is 1.06 bits per heavy atom. The van der Waals surface area contributed by atoms with Crippen LogP contribution in [0, 0.1) is 26.7 Å². The van der Waals surface area contributed by atoms with Crippen LogP contribution in [-0.2, 0) is 11.2 Å². The van der Waals surface area contributed by atoms with Gasteiger partial charge in [-0.25, -0.2) is 0 Å². The number of carbonyl (C=O) groups is 1. The molecule has 1 fully saturated rings. The highest BCUT2D eigenvalue weighted by Gasteiger charge is 2.26. The lowest BCUT2D eigenvalue weighted by molar-refractivity contribution is -0.135. The summed E-state index contributed by atoms with van der Waals surface area (Å²) < 4.78 is 0. The molecule has 5 rings (SSSR count). The van der Waals surface area contributed by atoms with Crippen LogP contribution in [0.25, 0.3) is 29.9 Å². The van der Waals surface area contributed by atoms with Crippen molar-refractivity contribution in [3.8, 4) is 0 Å². The molecular weight excluding hydrogens is 448 g/mol. The Morgan fingerprint density at radius 2 is 1.81 bits per heavy atom. The minimum absolute atomic E-state index is 0.0467. The van der Waals surface area contributed by atoms with Crippen molar-refractivity contribution in [2.24, 2.45) is 5.92 Å². The predicted molar refractivity (Wildman–Crippen MR) is 147 cm³/mol. The summed E-state index contributed by atoms with van der Waals surface area (Å²) >= 11 is 0. The molecule has 0 radical (unpaired) electrons. The molecule has 0 spiro atoms. The van der Waals surface area contributed by atoms with Gasteiger partial charge in [0, 0.05) is 61.9 Å². The Labute approximate surface area is 211 Å². The van der Waals surface area contributed by atoms with E-state index in [4.69, 9.17) is 0 Å².